The van der Waals surface area contributed by atoms with E-state index in [0.717, 1.165) is 31.7 Å². The molecule has 2 heterocycles. The van der Waals surface area contributed by atoms with Crippen LogP contribution in [0.15, 0.2) is 30.5 Å². The first-order chi connectivity index (χ1) is 20.4. The van der Waals surface area contributed by atoms with Crippen molar-refractivity contribution in [3.05, 3.63) is 47.5 Å². The molecule has 9 nitrogen and oxygen atoms in total. The van der Waals surface area contributed by atoms with Gasteiger partial charge in [-0.2, -0.15) is 18.3 Å². The van der Waals surface area contributed by atoms with Gasteiger partial charge in [0.15, 0.2) is 0 Å². The molecule has 3 aliphatic rings. The summed E-state index contributed by atoms with van der Waals surface area (Å²) >= 11 is 0. The Morgan fingerprint density at radius 3 is 2.28 bits per heavy atom. The maximum atomic E-state index is 15.2. The van der Waals surface area contributed by atoms with Crippen molar-refractivity contribution >= 4 is 23.4 Å². The zero-order valence-electron chi connectivity index (χ0n) is 24.1. The predicted octanol–water partition coefficient (Wildman–Crippen LogP) is 4.40. The Balaban J connectivity index is 1.27. The van der Waals surface area contributed by atoms with Gasteiger partial charge in [-0.05, 0) is 87.5 Å². The van der Waals surface area contributed by atoms with E-state index in [9.17, 15) is 27.6 Å². The van der Waals surface area contributed by atoms with Gasteiger partial charge in [-0.15, -0.1) is 0 Å². The van der Waals surface area contributed by atoms with Crippen molar-refractivity contribution in [2.45, 2.75) is 76.7 Å². The van der Waals surface area contributed by atoms with Crippen LogP contribution in [0.4, 0.5) is 23.2 Å². The summed E-state index contributed by atoms with van der Waals surface area (Å²) in [6.07, 6.45) is 0.409. The van der Waals surface area contributed by atoms with E-state index >= 15 is 4.39 Å². The third-order valence-electron chi connectivity index (χ3n) is 8.44. The van der Waals surface area contributed by atoms with Crippen LogP contribution < -0.4 is 16.0 Å². The molecule has 3 fully saturated rings. The zero-order chi connectivity index (χ0) is 30.9. The summed E-state index contributed by atoms with van der Waals surface area (Å²) in [5.74, 6) is -3.12. The molecule has 3 amide bonds. The fourth-order valence-corrected chi connectivity index (χ4v) is 6.02. The van der Waals surface area contributed by atoms with Crippen molar-refractivity contribution in [1.29, 1.82) is 0 Å². The van der Waals surface area contributed by atoms with Crippen LogP contribution >= 0.6 is 0 Å². The number of nitrogens with one attached hydrogen (secondary N) is 3. The molecule has 1 saturated heterocycles. The minimum atomic E-state index is -4.65. The number of amides is 3. The molecule has 0 spiro atoms. The Bertz CT molecular complexity index is 1320. The predicted molar refractivity (Wildman–Crippen MR) is 148 cm³/mol. The van der Waals surface area contributed by atoms with Crippen LogP contribution in [0.1, 0.15) is 68.0 Å². The lowest BCUT2D eigenvalue weighted by molar-refractivity contribution is -0.172. The number of hydrogen-bond donors (Lipinski definition) is 3. The highest BCUT2D eigenvalue weighted by atomic mass is 19.4. The van der Waals surface area contributed by atoms with Crippen molar-refractivity contribution in [3.8, 4) is 0 Å². The maximum Gasteiger partial charge on any atom is 0.408 e. The van der Waals surface area contributed by atoms with Crippen LogP contribution in [0.3, 0.4) is 0 Å². The molecule has 13 heteroatoms. The quantitative estimate of drug-likeness (QED) is 0.310. The number of carbonyl (C=O) groups excluding carboxylic acids is 3. The molecule has 1 aromatic heterocycles. The molecular weight excluding hydrogens is 570 g/mol. The first-order valence-electron chi connectivity index (χ1n) is 14.8. The second-order valence-corrected chi connectivity index (χ2v) is 12.1. The third kappa shape index (κ3) is 7.54. The van der Waals surface area contributed by atoms with Gasteiger partial charge in [0.2, 0.25) is 11.8 Å². The number of ether oxygens (including phenoxy) is 1. The highest BCUT2D eigenvalue weighted by molar-refractivity contribution is 6.01. The van der Waals surface area contributed by atoms with Crippen molar-refractivity contribution in [1.82, 2.24) is 20.4 Å². The number of halogens is 4. The Hall–Kier alpha value is -3.48. The summed E-state index contributed by atoms with van der Waals surface area (Å²) in [5, 5.41) is 11.7. The normalized spacial score (nSPS) is 20.2. The molecule has 3 atom stereocenters. The summed E-state index contributed by atoms with van der Waals surface area (Å²) in [6, 6.07) is 2.24. The van der Waals surface area contributed by atoms with Gasteiger partial charge in [0.1, 0.15) is 23.6 Å². The van der Waals surface area contributed by atoms with Crippen molar-refractivity contribution in [2.24, 2.45) is 23.7 Å². The van der Waals surface area contributed by atoms with Crippen LogP contribution in [0.5, 0.6) is 0 Å². The molecule has 2 aromatic rings. The largest absolute Gasteiger partial charge is 0.408 e. The summed E-state index contributed by atoms with van der Waals surface area (Å²) in [7, 11) is 0. The van der Waals surface area contributed by atoms with Gasteiger partial charge in [-0.25, -0.2) is 4.39 Å². The number of rotatable bonds is 12. The summed E-state index contributed by atoms with van der Waals surface area (Å²) < 4.78 is 62.4. The van der Waals surface area contributed by atoms with E-state index < -0.39 is 54.1 Å². The number of anilines is 1. The first-order valence-corrected chi connectivity index (χ1v) is 14.8. The zero-order valence-corrected chi connectivity index (χ0v) is 24.1. The van der Waals surface area contributed by atoms with Gasteiger partial charge in [0.25, 0.3) is 5.91 Å². The van der Waals surface area contributed by atoms with E-state index in [1.54, 1.807) is 10.7 Å². The number of hydrogen-bond acceptors (Lipinski definition) is 5. The highest BCUT2D eigenvalue weighted by Crippen LogP contribution is 2.51. The molecule has 1 aliphatic heterocycles. The molecule has 234 valence electrons. The maximum absolute atomic E-state index is 15.2. The molecule has 3 unspecified atom stereocenters. The Morgan fingerprint density at radius 1 is 1.02 bits per heavy atom. The molecule has 2 aliphatic carbocycles. The molecule has 1 aromatic carbocycles. The second-order valence-electron chi connectivity index (χ2n) is 12.1. The monoisotopic (exact) mass is 607 g/mol. The van der Waals surface area contributed by atoms with Gasteiger partial charge in [-0.1, -0.05) is 6.07 Å². The summed E-state index contributed by atoms with van der Waals surface area (Å²) in [4.78, 5) is 39.4. The smallest absolute Gasteiger partial charge is 0.381 e. The SMILES string of the molecule is CC(C)n1nccc1C(=O)NC(C(=O)Nc1ccc(CC(=O)NC(C2CCOC2)C(F)(F)F)cc1F)C(C1CC1)C1CC1. The molecule has 0 bridgehead atoms. The molecular formula is C30H37F4N5O4. The first kappa shape index (κ1) is 31.0. The van der Waals surface area contributed by atoms with Crippen molar-refractivity contribution in [3.63, 3.8) is 0 Å². The third-order valence-corrected chi connectivity index (χ3v) is 8.44. The van der Waals surface area contributed by atoms with Gasteiger partial charge in [0, 0.05) is 24.8 Å². The second kappa shape index (κ2) is 12.6. The van der Waals surface area contributed by atoms with E-state index in [2.05, 4.69) is 15.7 Å². The van der Waals surface area contributed by atoms with Crippen molar-refractivity contribution < 1.29 is 36.7 Å². The number of aromatic nitrogens is 2. The minimum Gasteiger partial charge on any atom is -0.381 e. The number of benzene rings is 1. The highest BCUT2D eigenvalue weighted by Gasteiger charge is 2.49. The van der Waals surface area contributed by atoms with E-state index in [4.69, 9.17) is 4.74 Å². The van der Waals surface area contributed by atoms with Crippen molar-refractivity contribution in [2.75, 3.05) is 18.5 Å². The molecule has 2 saturated carbocycles. The van der Waals surface area contributed by atoms with Gasteiger partial charge in [0.05, 0.1) is 18.7 Å². The standard InChI is InChI=1S/C30H37F4N5O4/c1-16(2)39-23(9-11-35-39)28(41)38-26(25(18-4-5-18)19-6-7-19)29(42)36-22-8-3-17(13-21(22)31)14-24(40)37-27(30(32,33)34)20-10-12-43-15-20/h3,8-9,11,13,16,18-20,25-27H,4-7,10,12,14-15H2,1-2H3,(H,36,42)(H,37,40)(H,38,41). The average molecular weight is 608 g/mol. The topological polar surface area (TPSA) is 114 Å². The van der Waals surface area contributed by atoms with Crippen LogP contribution in [-0.2, 0) is 20.7 Å². The molecule has 3 N–H and O–H groups in total. The molecule has 43 heavy (non-hydrogen) atoms. The summed E-state index contributed by atoms with van der Waals surface area (Å²) in [6.45, 7) is 3.88. The van der Waals surface area contributed by atoms with Gasteiger partial charge >= 0.3 is 6.18 Å². The van der Waals surface area contributed by atoms with Crippen LogP contribution in [0.25, 0.3) is 0 Å². The lowest BCUT2D eigenvalue weighted by Gasteiger charge is -2.28. The molecule has 0 radical (unpaired) electrons. The van der Waals surface area contributed by atoms with Gasteiger partial charge in [-0.3, -0.25) is 19.1 Å². The van der Waals surface area contributed by atoms with E-state index in [-0.39, 0.29) is 42.8 Å². The summed E-state index contributed by atoms with van der Waals surface area (Å²) in [5.41, 5.74) is 0.319. The van der Waals surface area contributed by atoms with Crippen LogP contribution in [-0.4, -0.2) is 59.0 Å². The van der Waals surface area contributed by atoms with E-state index in [0.29, 0.717) is 17.5 Å². The average Bonchev–Trinajstić information content (AvgIpc) is 3.84. The Morgan fingerprint density at radius 2 is 1.72 bits per heavy atom. The number of alkyl halides is 3. The molecule has 5 rings (SSSR count). The van der Waals surface area contributed by atoms with Crippen LogP contribution in [0.2, 0.25) is 0 Å². The lowest BCUT2D eigenvalue weighted by atomic mass is 9.88. The van der Waals surface area contributed by atoms with Crippen LogP contribution in [0, 0.1) is 29.5 Å². The van der Waals surface area contributed by atoms with E-state index in [1.165, 1.54) is 18.3 Å². The lowest BCUT2D eigenvalue weighted by Crippen LogP contribution is -2.50. The minimum absolute atomic E-state index is 0.0727. The Labute approximate surface area is 247 Å². The Kier molecular flexibility index (Phi) is 9.10. The number of nitrogens with zero attached hydrogens (tertiary/aromatic N) is 2. The fraction of sp³-hybridized carbons (Fsp3) is 0.600. The van der Waals surface area contributed by atoms with E-state index in [1.807, 2.05) is 19.2 Å². The number of carbonyl (C=O) groups is 3. The van der Waals surface area contributed by atoms with Gasteiger partial charge < -0.3 is 20.7 Å². The fourth-order valence-electron chi connectivity index (χ4n) is 6.02.